The fraction of sp³-hybridized carbons (Fsp3) is 0.188. The standard InChI is InChI=1S/C16H17NO2.ClH/c1-12-2-4-13(5-3-12)10-17-11-14-6-8-15(9-7-14)16(18)19;/h2-9,17H,10-11H2,1H3,(H,18,19);1H/p-1. The maximum absolute atomic E-state index is 10.7. The summed E-state index contributed by atoms with van der Waals surface area (Å²) < 4.78 is 0. The van der Waals surface area contributed by atoms with E-state index >= 15 is 0 Å². The van der Waals surface area contributed by atoms with Crippen LogP contribution in [-0.2, 0) is 13.1 Å². The van der Waals surface area contributed by atoms with Crippen molar-refractivity contribution in [2.24, 2.45) is 0 Å². The largest absolute Gasteiger partial charge is 1.00 e. The Morgan fingerprint density at radius 3 is 1.85 bits per heavy atom. The van der Waals surface area contributed by atoms with E-state index in [0.29, 0.717) is 5.56 Å². The Kier molecular flexibility index (Phi) is 6.22. The molecule has 0 aliphatic carbocycles. The van der Waals surface area contributed by atoms with Crippen LogP contribution in [-0.4, -0.2) is 11.1 Å². The van der Waals surface area contributed by atoms with Crippen LogP contribution in [0.3, 0.4) is 0 Å². The smallest absolute Gasteiger partial charge is 0.335 e. The van der Waals surface area contributed by atoms with Crippen molar-refractivity contribution >= 4 is 5.97 Å². The maximum atomic E-state index is 10.7. The number of carboxylic acids is 1. The normalized spacial score (nSPS) is 9.85. The summed E-state index contributed by atoms with van der Waals surface area (Å²) in [5.41, 5.74) is 3.90. The summed E-state index contributed by atoms with van der Waals surface area (Å²) >= 11 is 0. The minimum atomic E-state index is -0.890. The molecule has 0 saturated carbocycles. The number of nitrogens with one attached hydrogen (secondary N) is 1. The highest BCUT2D eigenvalue weighted by atomic mass is 35.5. The molecule has 0 aliphatic rings. The Balaban J connectivity index is 0.00000200. The molecule has 20 heavy (non-hydrogen) atoms. The number of carboxylic acid groups (broad SMARTS) is 1. The van der Waals surface area contributed by atoms with Gasteiger partial charge in [-0.2, -0.15) is 0 Å². The topological polar surface area (TPSA) is 49.3 Å². The first-order valence-corrected chi connectivity index (χ1v) is 6.23. The molecule has 106 valence electrons. The number of hydrogen-bond acceptors (Lipinski definition) is 2. The van der Waals surface area contributed by atoms with Crippen LogP contribution in [0.2, 0.25) is 0 Å². The van der Waals surface area contributed by atoms with Gasteiger partial charge in [-0.3, -0.25) is 0 Å². The number of carbonyl (C=O) groups is 1. The number of aryl methyl sites for hydroxylation is 1. The molecule has 0 heterocycles. The zero-order valence-corrected chi connectivity index (χ0v) is 12.0. The van der Waals surface area contributed by atoms with Gasteiger partial charge in [0, 0.05) is 13.1 Å². The van der Waals surface area contributed by atoms with Crippen molar-refractivity contribution < 1.29 is 22.3 Å². The van der Waals surface area contributed by atoms with Crippen molar-refractivity contribution in [1.29, 1.82) is 0 Å². The van der Waals surface area contributed by atoms with Crippen LogP contribution in [0.1, 0.15) is 27.0 Å². The molecule has 0 radical (unpaired) electrons. The Morgan fingerprint density at radius 1 is 0.950 bits per heavy atom. The highest BCUT2D eigenvalue weighted by molar-refractivity contribution is 5.87. The predicted molar refractivity (Wildman–Crippen MR) is 75.1 cm³/mol. The van der Waals surface area contributed by atoms with Crippen molar-refractivity contribution in [3.8, 4) is 0 Å². The fourth-order valence-electron chi connectivity index (χ4n) is 1.82. The first-order chi connectivity index (χ1) is 9.15. The predicted octanol–water partition coefficient (Wildman–Crippen LogP) is -0.0130. The Hall–Kier alpha value is -1.84. The van der Waals surface area contributed by atoms with E-state index in [2.05, 4.69) is 36.5 Å². The van der Waals surface area contributed by atoms with Crippen LogP contribution in [0.15, 0.2) is 48.5 Å². The fourth-order valence-corrected chi connectivity index (χ4v) is 1.82. The third-order valence-corrected chi connectivity index (χ3v) is 2.98. The molecule has 3 nitrogen and oxygen atoms in total. The molecule has 2 rings (SSSR count). The molecule has 0 aliphatic heterocycles. The number of hydrogen-bond donors (Lipinski definition) is 2. The van der Waals surface area contributed by atoms with Crippen LogP contribution < -0.4 is 17.7 Å². The average Bonchev–Trinajstić information content (AvgIpc) is 2.41. The SMILES string of the molecule is Cc1ccc(CNCc2ccc(C(=O)O)cc2)cc1.[Cl-]. The molecule has 2 aromatic carbocycles. The molecular weight excluding hydrogens is 274 g/mol. The van der Waals surface area contributed by atoms with Crippen LogP contribution in [0.25, 0.3) is 0 Å². The second-order valence-corrected chi connectivity index (χ2v) is 4.59. The van der Waals surface area contributed by atoms with Crippen molar-refractivity contribution in [3.05, 3.63) is 70.8 Å². The molecule has 0 spiro atoms. The average molecular weight is 291 g/mol. The Morgan fingerprint density at radius 2 is 1.40 bits per heavy atom. The molecule has 0 unspecified atom stereocenters. The molecule has 4 heteroatoms. The molecule has 0 atom stereocenters. The second-order valence-electron chi connectivity index (χ2n) is 4.59. The van der Waals surface area contributed by atoms with Gasteiger partial charge in [-0.1, -0.05) is 42.0 Å². The number of aromatic carboxylic acids is 1. The Labute approximate surface area is 125 Å². The highest BCUT2D eigenvalue weighted by Crippen LogP contribution is 2.06. The lowest BCUT2D eigenvalue weighted by Gasteiger charge is -2.06. The minimum absolute atomic E-state index is 0. The van der Waals surface area contributed by atoms with E-state index in [1.54, 1.807) is 12.1 Å². The third-order valence-electron chi connectivity index (χ3n) is 2.98. The van der Waals surface area contributed by atoms with Crippen molar-refractivity contribution in [2.45, 2.75) is 20.0 Å². The van der Waals surface area contributed by atoms with Crippen LogP contribution in [0, 0.1) is 6.92 Å². The lowest BCUT2D eigenvalue weighted by Crippen LogP contribution is -3.00. The summed E-state index contributed by atoms with van der Waals surface area (Å²) in [5.74, 6) is -0.890. The lowest BCUT2D eigenvalue weighted by molar-refractivity contribution is -0.0000195. The van der Waals surface area contributed by atoms with Gasteiger partial charge in [-0.25, -0.2) is 4.79 Å². The van der Waals surface area contributed by atoms with Gasteiger partial charge in [0.1, 0.15) is 0 Å². The van der Waals surface area contributed by atoms with E-state index < -0.39 is 5.97 Å². The van der Waals surface area contributed by atoms with Gasteiger partial charge in [0.15, 0.2) is 0 Å². The van der Waals surface area contributed by atoms with Crippen molar-refractivity contribution in [3.63, 3.8) is 0 Å². The monoisotopic (exact) mass is 290 g/mol. The van der Waals surface area contributed by atoms with E-state index in [9.17, 15) is 4.79 Å². The van der Waals surface area contributed by atoms with E-state index in [1.165, 1.54) is 11.1 Å². The third kappa shape index (κ3) is 4.68. The minimum Gasteiger partial charge on any atom is -1.00 e. The molecule has 0 aromatic heterocycles. The first kappa shape index (κ1) is 16.2. The van der Waals surface area contributed by atoms with Crippen LogP contribution in [0.5, 0.6) is 0 Å². The zero-order chi connectivity index (χ0) is 13.7. The van der Waals surface area contributed by atoms with E-state index in [0.717, 1.165) is 18.7 Å². The molecule has 2 N–H and O–H groups in total. The van der Waals surface area contributed by atoms with E-state index in [1.807, 2.05) is 12.1 Å². The summed E-state index contributed by atoms with van der Waals surface area (Å²) in [6.45, 7) is 3.61. The summed E-state index contributed by atoms with van der Waals surface area (Å²) in [7, 11) is 0. The number of benzene rings is 2. The summed E-state index contributed by atoms with van der Waals surface area (Å²) in [6, 6.07) is 15.3. The summed E-state index contributed by atoms with van der Waals surface area (Å²) in [6.07, 6.45) is 0. The van der Waals surface area contributed by atoms with Crippen molar-refractivity contribution in [2.75, 3.05) is 0 Å². The second kappa shape index (κ2) is 7.68. The van der Waals surface area contributed by atoms with Crippen molar-refractivity contribution in [1.82, 2.24) is 5.32 Å². The summed E-state index contributed by atoms with van der Waals surface area (Å²) in [5, 5.41) is 12.1. The van der Waals surface area contributed by atoms with Gasteiger partial charge < -0.3 is 22.8 Å². The van der Waals surface area contributed by atoms with Gasteiger partial charge in [-0.05, 0) is 30.2 Å². The molecule has 0 fully saturated rings. The molecule has 0 bridgehead atoms. The van der Waals surface area contributed by atoms with Crippen LogP contribution >= 0.6 is 0 Å². The van der Waals surface area contributed by atoms with Gasteiger partial charge >= 0.3 is 5.97 Å². The molecule has 2 aromatic rings. The van der Waals surface area contributed by atoms with E-state index in [4.69, 9.17) is 5.11 Å². The summed E-state index contributed by atoms with van der Waals surface area (Å²) in [4.78, 5) is 10.7. The number of halogens is 1. The molecule has 0 amide bonds. The number of rotatable bonds is 5. The van der Waals surface area contributed by atoms with Crippen LogP contribution in [0.4, 0.5) is 0 Å². The quantitative estimate of drug-likeness (QED) is 0.814. The van der Waals surface area contributed by atoms with Gasteiger partial charge in [0.05, 0.1) is 5.56 Å². The van der Waals surface area contributed by atoms with Gasteiger partial charge in [-0.15, -0.1) is 0 Å². The van der Waals surface area contributed by atoms with E-state index in [-0.39, 0.29) is 12.4 Å². The highest BCUT2D eigenvalue weighted by Gasteiger charge is 2.01. The molecule has 0 saturated heterocycles. The first-order valence-electron chi connectivity index (χ1n) is 6.23. The van der Waals surface area contributed by atoms with Gasteiger partial charge in [0.2, 0.25) is 0 Å². The maximum Gasteiger partial charge on any atom is 0.335 e. The Bertz CT molecular complexity index is 550. The van der Waals surface area contributed by atoms with Gasteiger partial charge in [0.25, 0.3) is 0 Å². The zero-order valence-electron chi connectivity index (χ0n) is 11.3. The molecular formula is C16H17ClNO2-. The lowest BCUT2D eigenvalue weighted by atomic mass is 10.1.